The van der Waals surface area contributed by atoms with Gasteiger partial charge in [-0.2, -0.15) is 0 Å². The van der Waals surface area contributed by atoms with Crippen molar-refractivity contribution in [2.24, 2.45) is 0 Å². The molecule has 5 rings (SSSR count). The van der Waals surface area contributed by atoms with E-state index in [1.54, 1.807) is 0 Å². The Morgan fingerprint density at radius 3 is 1.97 bits per heavy atom. The van der Waals surface area contributed by atoms with Crippen LogP contribution in [0.3, 0.4) is 0 Å². The molecular weight excluding hydrogens is 362 g/mol. The highest BCUT2D eigenvalue weighted by Crippen LogP contribution is 2.50. The van der Waals surface area contributed by atoms with Crippen molar-refractivity contribution in [2.45, 2.75) is 52.4 Å². The summed E-state index contributed by atoms with van der Waals surface area (Å²) in [6.07, 6.45) is 6.90. The maximum Gasteiger partial charge on any atom is 0.0406 e. The maximum atomic E-state index is 4.66. The van der Waals surface area contributed by atoms with Crippen LogP contribution in [0.25, 0.3) is 33.0 Å². The van der Waals surface area contributed by atoms with Gasteiger partial charge in [-0.3, -0.25) is 4.98 Å². The van der Waals surface area contributed by atoms with E-state index in [2.05, 4.69) is 85.6 Å². The average molecular weight is 392 g/mol. The van der Waals surface area contributed by atoms with Gasteiger partial charge in [-0.15, -0.1) is 0 Å². The Hall–Kier alpha value is -2.93. The molecule has 0 saturated heterocycles. The van der Waals surface area contributed by atoms with Crippen molar-refractivity contribution in [3.8, 4) is 22.3 Å². The number of pyridine rings is 1. The molecule has 0 bridgehead atoms. The lowest BCUT2D eigenvalue weighted by molar-refractivity contribution is 0.722. The van der Waals surface area contributed by atoms with Crippen LogP contribution in [0.2, 0.25) is 0 Å². The minimum Gasteiger partial charge on any atom is -0.258 e. The zero-order valence-electron chi connectivity index (χ0n) is 18.0. The smallest absolute Gasteiger partial charge is 0.0406 e. The van der Waals surface area contributed by atoms with Crippen molar-refractivity contribution in [2.75, 3.05) is 0 Å². The van der Waals surface area contributed by atoms with E-state index in [0.29, 0.717) is 0 Å². The second-order valence-electron chi connectivity index (χ2n) is 8.57. The first-order valence-electron chi connectivity index (χ1n) is 11.4. The molecule has 0 fully saturated rings. The lowest BCUT2D eigenvalue weighted by Gasteiger charge is -2.15. The average Bonchev–Trinajstić information content (AvgIpc) is 3.10. The number of aromatic nitrogens is 1. The van der Waals surface area contributed by atoms with E-state index in [4.69, 9.17) is 0 Å². The van der Waals surface area contributed by atoms with E-state index < -0.39 is 0 Å². The monoisotopic (exact) mass is 391 g/mol. The summed E-state index contributed by atoms with van der Waals surface area (Å²) in [5.41, 5.74) is 11.2. The van der Waals surface area contributed by atoms with Crippen molar-refractivity contribution >= 4 is 10.8 Å². The van der Waals surface area contributed by atoms with Crippen LogP contribution in [-0.4, -0.2) is 4.98 Å². The normalized spacial score (nSPS) is 11.8. The van der Waals surface area contributed by atoms with E-state index >= 15 is 0 Å². The molecule has 0 N–H and O–H groups in total. The van der Waals surface area contributed by atoms with Gasteiger partial charge < -0.3 is 0 Å². The fourth-order valence-corrected chi connectivity index (χ4v) is 5.11. The summed E-state index contributed by atoms with van der Waals surface area (Å²) in [4.78, 5) is 4.66. The number of fused-ring (bicyclic) bond motifs is 3. The predicted octanol–water partition coefficient (Wildman–Crippen LogP) is 7.71. The maximum absolute atomic E-state index is 4.66. The summed E-state index contributed by atoms with van der Waals surface area (Å²) in [5.74, 6) is 0. The van der Waals surface area contributed by atoms with Gasteiger partial charge in [0.1, 0.15) is 0 Å². The second kappa shape index (κ2) is 8.07. The van der Waals surface area contributed by atoms with Crippen LogP contribution in [0.5, 0.6) is 0 Å². The first-order valence-corrected chi connectivity index (χ1v) is 11.4. The third-order valence-electron chi connectivity index (χ3n) is 6.42. The van der Waals surface area contributed by atoms with E-state index in [1.165, 1.54) is 69.1 Å². The van der Waals surface area contributed by atoms with E-state index in [0.717, 1.165) is 25.0 Å². The van der Waals surface area contributed by atoms with Crippen molar-refractivity contribution in [3.05, 3.63) is 89.2 Å². The fourth-order valence-electron chi connectivity index (χ4n) is 5.11. The van der Waals surface area contributed by atoms with Crippen LogP contribution in [-0.2, 0) is 19.3 Å². The Balaban J connectivity index is 1.46. The van der Waals surface area contributed by atoms with Crippen molar-refractivity contribution in [3.63, 3.8) is 0 Å². The van der Waals surface area contributed by atoms with Crippen molar-refractivity contribution in [1.82, 2.24) is 4.98 Å². The minimum absolute atomic E-state index is 1.06. The molecule has 1 nitrogen and oxygen atoms in total. The van der Waals surface area contributed by atoms with Gasteiger partial charge >= 0.3 is 0 Å². The van der Waals surface area contributed by atoms with Gasteiger partial charge in [0.2, 0.25) is 0 Å². The van der Waals surface area contributed by atoms with Gasteiger partial charge in [0.15, 0.2) is 0 Å². The topological polar surface area (TPSA) is 12.9 Å². The molecule has 0 radical (unpaired) electrons. The first-order chi connectivity index (χ1) is 14.8. The van der Waals surface area contributed by atoms with Gasteiger partial charge in [-0.1, -0.05) is 67.9 Å². The van der Waals surface area contributed by atoms with Gasteiger partial charge in [0, 0.05) is 11.4 Å². The molecule has 0 atom stereocenters. The third-order valence-corrected chi connectivity index (χ3v) is 6.42. The molecule has 1 aliphatic carbocycles. The molecule has 4 aromatic rings. The summed E-state index contributed by atoms with van der Waals surface area (Å²) < 4.78 is 0. The number of unbranched alkanes of at least 4 members (excludes halogenated alkanes) is 1. The lowest BCUT2D eigenvalue weighted by atomic mass is 9.89. The molecule has 0 amide bonds. The predicted molar refractivity (Wildman–Crippen MR) is 128 cm³/mol. The first kappa shape index (κ1) is 19.1. The van der Waals surface area contributed by atoms with E-state index in [-0.39, 0.29) is 0 Å². The Bertz CT molecular complexity index is 1210. The molecule has 0 spiro atoms. The molecule has 30 heavy (non-hydrogen) atoms. The fraction of sp³-hybridized carbons (Fsp3) is 0.276. The van der Waals surface area contributed by atoms with E-state index in [1.807, 2.05) is 0 Å². The Labute approximate surface area is 179 Å². The quantitative estimate of drug-likeness (QED) is 0.259. The Morgan fingerprint density at radius 1 is 0.667 bits per heavy atom. The Morgan fingerprint density at radius 2 is 1.30 bits per heavy atom. The highest BCUT2D eigenvalue weighted by molar-refractivity contribution is 6.16. The van der Waals surface area contributed by atoms with Gasteiger partial charge in [0.25, 0.3) is 0 Å². The summed E-state index contributed by atoms with van der Waals surface area (Å²) >= 11 is 0. The largest absolute Gasteiger partial charge is 0.258 e. The molecule has 1 aromatic heterocycles. The Kier molecular flexibility index (Phi) is 5.12. The molecule has 1 heteroatoms. The van der Waals surface area contributed by atoms with Crippen LogP contribution < -0.4 is 0 Å². The van der Waals surface area contributed by atoms with Crippen LogP contribution >= 0.6 is 0 Å². The summed E-state index contributed by atoms with van der Waals surface area (Å²) in [5, 5.41) is 2.81. The van der Waals surface area contributed by atoms with Gasteiger partial charge in [0.05, 0.1) is 0 Å². The van der Waals surface area contributed by atoms with Crippen LogP contribution in [0.1, 0.15) is 48.7 Å². The molecule has 0 unspecified atom stereocenters. The summed E-state index contributed by atoms with van der Waals surface area (Å²) in [7, 11) is 0. The lowest BCUT2D eigenvalue weighted by Crippen LogP contribution is -1.97. The number of hydrogen-bond acceptors (Lipinski definition) is 1. The van der Waals surface area contributed by atoms with Crippen molar-refractivity contribution < 1.29 is 0 Å². The molecule has 1 heterocycles. The van der Waals surface area contributed by atoms with E-state index in [9.17, 15) is 0 Å². The molecule has 0 saturated carbocycles. The summed E-state index contributed by atoms with van der Waals surface area (Å²) in [6, 6.07) is 24.7. The van der Waals surface area contributed by atoms with Crippen LogP contribution in [0.15, 0.2) is 66.7 Å². The van der Waals surface area contributed by atoms with Crippen LogP contribution in [0.4, 0.5) is 0 Å². The molecular formula is C29H29N. The highest BCUT2D eigenvalue weighted by atomic mass is 14.7. The number of benzene rings is 3. The molecule has 1 aliphatic rings. The molecule has 3 aromatic carbocycles. The van der Waals surface area contributed by atoms with Gasteiger partial charge in [-0.05, 0) is 95.3 Å². The standard InChI is InChI=1S/C29H29N/c1-3-9-21-18-19-23(11-4-5-14-24-15-6-10-20(2)30-24)29-26-17-8-13-22-12-7-16-25(27(22)26)28(21)29/h6-8,10,12-13,15-19H,3-5,9,11,14H2,1-2H3. The number of rotatable bonds is 7. The second-order valence-corrected chi connectivity index (χ2v) is 8.57. The van der Waals surface area contributed by atoms with Gasteiger partial charge in [-0.25, -0.2) is 0 Å². The third kappa shape index (κ3) is 3.33. The SMILES string of the molecule is CCCc1ccc(CCCCc2cccc(C)n2)c2c1-c1cccc3cccc-2c13. The number of hydrogen-bond donors (Lipinski definition) is 0. The molecule has 0 aliphatic heterocycles. The molecule has 150 valence electrons. The minimum atomic E-state index is 1.06. The zero-order valence-corrected chi connectivity index (χ0v) is 18.0. The number of aryl methyl sites for hydroxylation is 4. The van der Waals surface area contributed by atoms with Crippen molar-refractivity contribution in [1.29, 1.82) is 0 Å². The number of nitrogens with zero attached hydrogens (tertiary/aromatic N) is 1. The highest BCUT2D eigenvalue weighted by Gasteiger charge is 2.25. The van der Waals surface area contributed by atoms with Crippen LogP contribution in [0, 0.1) is 6.92 Å². The summed E-state index contributed by atoms with van der Waals surface area (Å²) in [6.45, 7) is 4.35. The zero-order chi connectivity index (χ0) is 20.5.